The number of rotatable bonds is 4. The second-order valence-corrected chi connectivity index (χ2v) is 5.80. The minimum atomic E-state index is 0.397. The summed E-state index contributed by atoms with van der Waals surface area (Å²) < 4.78 is 5.31. The van der Waals surface area contributed by atoms with Crippen molar-refractivity contribution in [1.82, 2.24) is 9.36 Å². The van der Waals surface area contributed by atoms with Gasteiger partial charge in [-0.25, -0.2) is 4.98 Å². The van der Waals surface area contributed by atoms with Gasteiger partial charge in [-0.3, -0.25) is 0 Å². The molecule has 0 radical (unpaired) electrons. The van der Waals surface area contributed by atoms with Gasteiger partial charge >= 0.3 is 0 Å². The Morgan fingerprint density at radius 2 is 2.11 bits per heavy atom. The van der Waals surface area contributed by atoms with Gasteiger partial charge in [-0.2, -0.15) is 4.37 Å². The Hall–Kier alpha value is -1.35. The lowest BCUT2D eigenvalue weighted by Gasteiger charge is -1.98. The number of aryl methyl sites for hydroxylation is 1. The van der Waals surface area contributed by atoms with Crippen LogP contribution in [0.1, 0.15) is 23.9 Å². The molecular weight excluding hydrogens is 274 g/mol. The van der Waals surface area contributed by atoms with Gasteiger partial charge in [0.15, 0.2) is 4.34 Å². The van der Waals surface area contributed by atoms with Gasteiger partial charge < -0.3 is 5.73 Å². The molecule has 0 aliphatic carbocycles. The Kier molecular flexibility index (Phi) is 5.40. The summed E-state index contributed by atoms with van der Waals surface area (Å²) in [5, 5.41) is 0. The zero-order chi connectivity index (χ0) is 13.5. The molecule has 3 nitrogen and oxygen atoms in total. The molecular formula is C14H15N3S2. The maximum absolute atomic E-state index is 5.34. The van der Waals surface area contributed by atoms with Crippen molar-refractivity contribution in [1.29, 1.82) is 0 Å². The molecule has 0 amide bonds. The van der Waals surface area contributed by atoms with Crippen LogP contribution in [0.5, 0.6) is 0 Å². The Balaban J connectivity index is 1.92. The highest BCUT2D eigenvalue weighted by Gasteiger charge is 2.03. The molecule has 0 atom stereocenters. The SMILES string of the molecule is CCc1nsc(SCc2ccc(C#CCN)cc2)n1. The number of thioether (sulfide) groups is 1. The minimum absolute atomic E-state index is 0.397. The summed E-state index contributed by atoms with van der Waals surface area (Å²) in [5.74, 6) is 7.70. The van der Waals surface area contributed by atoms with Gasteiger partial charge in [-0.15, -0.1) is 0 Å². The highest BCUT2D eigenvalue weighted by molar-refractivity contribution is 8.00. The predicted molar refractivity (Wildman–Crippen MR) is 81.2 cm³/mol. The number of nitrogens with two attached hydrogens (primary N) is 1. The molecule has 2 aromatic rings. The summed E-state index contributed by atoms with van der Waals surface area (Å²) in [7, 11) is 0. The average Bonchev–Trinajstić information content (AvgIpc) is 2.92. The summed E-state index contributed by atoms with van der Waals surface area (Å²) in [6.45, 7) is 2.46. The van der Waals surface area contributed by atoms with Crippen molar-refractivity contribution in [3.05, 3.63) is 41.2 Å². The molecule has 0 saturated heterocycles. The molecule has 2 rings (SSSR count). The number of hydrogen-bond donors (Lipinski definition) is 1. The smallest absolute Gasteiger partial charge is 0.170 e. The molecule has 19 heavy (non-hydrogen) atoms. The molecule has 1 aromatic carbocycles. The lowest BCUT2D eigenvalue weighted by molar-refractivity contribution is 0.971. The third-order valence-electron chi connectivity index (χ3n) is 2.42. The summed E-state index contributed by atoms with van der Waals surface area (Å²) >= 11 is 3.20. The summed E-state index contributed by atoms with van der Waals surface area (Å²) in [6.07, 6.45) is 0.894. The second kappa shape index (κ2) is 7.29. The van der Waals surface area contributed by atoms with Crippen molar-refractivity contribution in [2.45, 2.75) is 23.4 Å². The molecule has 0 fully saturated rings. The first-order chi connectivity index (χ1) is 9.31. The standard InChI is InChI=1S/C14H15N3S2/c1-2-13-16-14(19-17-13)18-10-12-7-5-11(6-8-12)4-3-9-15/h5-8H,2,9-10,15H2,1H3. The van der Waals surface area contributed by atoms with Gasteiger partial charge in [-0.1, -0.05) is 42.7 Å². The van der Waals surface area contributed by atoms with E-state index in [1.54, 1.807) is 11.8 Å². The molecule has 0 aliphatic rings. The monoisotopic (exact) mass is 289 g/mol. The van der Waals surface area contributed by atoms with Crippen LogP contribution in [0.25, 0.3) is 0 Å². The zero-order valence-electron chi connectivity index (χ0n) is 10.7. The Morgan fingerprint density at radius 3 is 2.74 bits per heavy atom. The molecule has 1 aromatic heterocycles. The Morgan fingerprint density at radius 1 is 1.32 bits per heavy atom. The quantitative estimate of drug-likeness (QED) is 0.694. The molecule has 1 heterocycles. The van der Waals surface area contributed by atoms with Crippen LogP contribution in [-0.2, 0) is 12.2 Å². The van der Waals surface area contributed by atoms with Crippen LogP contribution in [0, 0.1) is 11.8 Å². The summed E-state index contributed by atoms with van der Waals surface area (Å²) in [5.41, 5.74) is 7.61. The second-order valence-electron chi connectivity index (χ2n) is 3.82. The zero-order valence-corrected chi connectivity index (χ0v) is 12.4. The van der Waals surface area contributed by atoms with E-state index >= 15 is 0 Å². The largest absolute Gasteiger partial charge is 0.320 e. The molecule has 5 heteroatoms. The average molecular weight is 289 g/mol. The first kappa shape index (κ1) is 14.1. The maximum Gasteiger partial charge on any atom is 0.170 e. The fraction of sp³-hybridized carbons (Fsp3) is 0.286. The highest BCUT2D eigenvalue weighted by Crippen LogP contribution is 2.24. The molecule has 0 bridgehead atoms. The summed E-state index contributed by atoms with van der Waals surface area (Å²) in [4.78, 5) is 4.44. The van der Waals surface area contributed by atoms with E-state index in [-0.39, 0.29) is 0 Å². The Labute approximate surface area is 121 Å². The number of benzene rings is 1. The molecule has 2 N–H and O–H groups in total. The molecule has 0 spiro atoms. The first-order valence-electron chi connectivity index (χ1n) is 6.05. The normalized spacial score (nSPS) is 10.0. The van der Waals surface area contributed by atoms with E-state index in [0.29, 0.717) is 6.54 Å². The van der Waals surface area contributed by atoms with E-state index in [1.165, 1.54) is 17.1 Å². The lowest BCUT2D eigenvalue weighted by atomic mass is 10.1. The van der Waals surface area contributed by atoms with Crippen LogP contribution in [0.15, 0.2) is 28.6 Å². The van der Waals surface area contributed by atoms with Gasteiger partial charge in [0.2, 0.25) is 0 Å². The van der Waals surface area contributed by atoms with Crippen molar-refractivity contribution < 1.29 is 0 Å². The first-order valence-corrected chi connectivity index (χ1v) is 7.81. The van der Waals surface area contributed by atoms with Gasteiger partial charge in [0.1, 0.15) is 5.82 Å². The van der Waals surface area contributed by atoms with Gasteiger partial charge in [0.25, 0.3) is 0 Å². The molecule has 0 saturated carbocycles. The predicted octanol–water partition coefficient (Wildman–Crippen LogP) is 2.70. The van der Waals surface area contributed by atoms with E-state index < -0.39 is 0 Å². The topological polar surface area (TPSA) is 51.8 Å². The van der Waals surface area contributed by atoms with Gasteiger partial charge in [-0.05, 0) is 29.2 Å². The van der Waals surface area contributed by atoms with Crippen LogP contribution in [0.2, 0.25) is 0 Å². The van der Waals surface area contributed by atoms with Crippen LogP contribution in [0.4, 0.5) is 0 Å². The summed E-state index contributed by atoms with van der Waals surface area (Å²) in [6, 6.07) is 8.23. The number of hydrogen-bond acceptors (Lipinski definition) is 5. The third-order valence-corrected chi connectivity index (χ3v) is 4.36. The fourth-order valence-electron chi connectivity index (χ4n) is 1.42. The van der Waals surface area contributed by atoms with Gasteiger partial charge in [0.05, 0.1) is 6.54 Å². The van der Waals surface area contributed by atoms with Crippen molar-refractivity contribution in [2.75, 3.05) is 6.54 Å². The van der Waals surface area contributed by atoms with E-state index in [9.17, 15) is 0 Å². The Bertz CT molecular complexity index is 579. The van der Waals surface area contributed by atoms with Crippen molar-refractivity contribution in [3.63, 3.8) is 0 Å². The van der Waals surface area contributed by atoms with E-state index in [4.69, 9.17) is 5.73 Å². The van der Waals surface area contributed by atoms with Crippen LogP contribution >= 0.6 is 23.3 Å². The van der Waals surface area contributed by atoms with E-state index in [0.717, 1.165) is 27.9 Å². The fourth-order valence-corrected chi connectivity index (χ4v) is 3.07. The highest BCUT2D eigenvalue weighted by atomic mass is 32.2. The van der Waals surface area contributed by atoms with Crippen LogP contribution in [0.3, 0.4) is 0 Å². The molecule has 98 valence electrons. The molecule has 0 unspecified atom stereocenters. The van der Waals surface area contributed by atoms with Crippen LogP contribution in [-0.4, -0.2) is 15.9 Å². The van der Waals surface area contributed by atoms with Crippen molar-refractivity contribution in [2.24, 2.45) is 5.73 Å². The van der Waals surface area contributed by atoms with Crippen LogP contribution < -0.4 is 5.73 Å². The minimum Gasteiger partial charge on any atom is -0.320 e. The third kappa shape index (κ3) is 4.35. The van der Waals surface area contributed by atoms with Crippen molar-refractivity contribution in [3.8, 4) is 11.8 Å². The van der Waals surface area contributed by atoms with E-state index in [1.807, 2.05) is 12.1 Å². The van der Waals surface area contributed by atoms with E-state index in [2.05, 4.69) is 40.3 Å². The number of aromatic nitrogens is 2. The van der Waals surface area contributed by atoms with Gasteiger partial charge in [0, 0.05) is 17.7 Å². The number of nitrogens with zero attached hydrogens (tertiary/aromatic N) is 2. The maximum atomic E-state index is 5.34. The van der Waals surface area contributed by atoms with Crippen molar-refractivity contribution >= 4 is 23.3 Å². The lowest BCUT2D eigenvalue weighted by Crippen LogP contribution is -1.93. The molecule has 0 aliphatic heterocycles.